The fourth-order valence-electron chi connectivity index (χ4n) is 2.12. The van der Waals surface area contributed by atoms with E-state index in [1.807, 2.05) is 30.3 Å². The molecule has 5 nitrogen and oxygen atoms in total. The average Bonchev–Trinajstić information content (AvgIpc) is 3.01. The van der Waals surface area contributed by atoms with Crippen molar-refractivity contribution < 1.29 is 4.74 Å². The van der Waals surface area contributed by atoms with Crippen LogP contribution in [0.15, 0.2) is 52.9 Å². The average molecular weight is 345 g/mol. The van der Waals surface area contributed by atoms with Crippen molar-refractivity contribution >= 4 is 33.3 Å². The molecule has 2 N–H and O–H groups in total. The zero-order chi connectivity index (χ0) is 16.4. The van der Waals surface area contributed by atoms with Gasteiger partial charge in [-0.2, -0.15) is 0 Å². The van der Waals surface area contributed by atoms with Crippen molar-refractivity contribution in [3.63, 3.8) is 0 Å². The second-order valence-electron chi connectivity index (χ2n) is 4.73. The van der Waals surface area contributed by atoms with Crippen molar-refractivity contribution in [3.8, 4) is 16.2 Å². The van der Waals surface area contributed by atoms with Crippen LogP contribution >= 0.6 is 23.1 Å². The highest BCUT2D eigenvalue weighted by molar-refractivity contribution is 7.99. The predicted molar refractivity (Wildman–Crippen MR) is 96.9 cm³/mol. The maximum absolute atomic E-state index is 12.4. The Morgan fingerprint density at radius 3 is 3.04 bits per heavy atom. The smallest absolute Gasteiger partial charge is 0.290 e. The van der Waals surface area contributed by atoms with Gasteiger partial charge < -0.3 is 10.6 Å². The first kappa shape index (κ1) is 15.6. The molecule has 3 aromatic rings. The van der Waals surface area contributed by atoms with Crippen LogP contribution in [0.25, 0.3) is 20.7 Å². The fraction of sp³-hybridized carbons (Fsp3) is 0.125. The number of thioether (sulfide) groups is 1. The second kappa shape index (κ2) is 6.47. The van der Waals surface area contributed by atoms with Crippen molar-refractivity contribution in [2.75, 3.05) is 18.7 Å². The standard InChI is InChI=1S/C16H15N3O2S2/c1-3-7-22-16-18-12-9-13(23-14(12)15(20)19(16)17)10-5-4-6-11(8-10)21-2/h3-6,8-9H,1,7,17H2,2H3. The summed E-state index contributed by atoms with van der Waals surface area (Å²) in [6, 6.07) is 9.61. The molecule has 0 bridgehead atoms. The maximum Gasteiger partial charge on any atom is 0.290 e. The molecule has 3 rings (SSSR count). The summed E-state index contributed by atoms with van der Waals surface area (Å²) in [5.74, 6) is 7.27. The number of ether oxygens (including phenoxy) is 1. The molecule has 118 valence electrons. The van der Waals surface area contributed by atoms with E-state index in [0.29, 0.717) is 21.1 Å². The number of hydrogen-bond donors (Lipinski definition) is 1. The lowest BCUT2D eigenvalue weighted by molar-refractivity contribution is 0.415. The molecule has 0 unspecified atom stereocenters. The van der Waals surface area contributed by atoms with E-state index in [2.05, 4.69) is 11.6 Å². The van der Waals surface area contributed by atoms with Gasteiger partial charge in [0, 0.05) is 10.6 Å². The summed E-state index contributed by atoms with van der Waals surface area (Å²) in [5.41, 5.74) is 1.41. The van der Waals surface area contributed by atoms with Crippen molar-refractivity contribution in [1.82, 2.24) is 9.66 Å². The minimum Gasteiger partial charge on any atom is -0.497 e. The van der Waals surface area contributed by atoms with Gasteiger partial charge in [-0.1, -0.05) is 30.0 Å². The molecular weight excluding hydrogens is 330 g/mol. The Morgan fingerprint density at radius 1 is 1.48 bits per heavy atom. The van der Waals surface area contributed by atoms with Gasteiger partial charge in [0.1, 0.15) is 10.4 Å². The molecule has 0 fully saturated rings. The molecule has 2 heterocycles. The highest BCUT2D eigenvalue weighted by atomic mass is 32.2. The van der Waals surface area contributed by atoms with Gasteiger partial charge in [-0.15, -0.1) is 17.9 Å². The molecule has 0 saturated heterocycles. The number of nitrogens with two attached hydrogens (primary N) is 1. The molecule has 0 aliphatic carbocycles. The Kier molecular flexibility index (Phi) is 4.40. The zero-order valence-corrected chi connectivity index (χ0v) is 14.1. The number of methoxy groups -OCH3 is 1. The van der Waals surface area contributed by atoms with Crippen LogP contribution in [0.1, 0.15) is 0 Å². The van der Waals surface area contributed by atoms with Gasteiger partial charge in [-0.25, -0.2) is 9.66 Å². The van der Waals surface area contributed by atoms with Crippen LogP contribution in [-0.4, -0.2) is 22.5 Å². The van der Waals surface area contributed by atoms with Gasteiger partial charge in [0.05, 0.1) is 12.6 Å². The molecule has 2 aromatic heterocycles. The van der Waals surface area contributed by atoms with Gasteiger partial charge >= 0.3 is 0 Å². The van der Waals surface area contributed by atoms with Crippen LogP contribution in [0.4, 0.5) is 0 Å². The lowest BCUT2D eigenvalue weighted by Crippen LogP contribution is -2.29. The topological polar surface area (TPSA) is 70.1 Å². The number of thiophene rings is 1. The summed E-state index contributed by atoms with van der Waals surface area (Å²) < 4.78 is 6.90. The first-order chi connectivity index (χ1) is 11.1. The van der Waals surface area contributed by atoms with Crippen molar-refractivity contribution in [1.29, 1.82) is 0 Å². The summed E-state index contributed by atoms with van der Waals surface area (Å²) in [6.07, 6.45) is 1.75. The number of hydrogen-bond acceptors (Lipinski definition) is 6. The Hall–Kier alpha value is -2.25. The molecule has 0 atom stereocenters. The van der Waals surface area contributed by atoms with Gasteiger partial charge in [0.25, 0.3) is 5.56 Å². The number of aromatic nitrogens is 2. The summed E-state index contributed by atoms with van der Waals surface area (Å²) in [7, 11) is 1.63. The van der Waals surface area contributed by atoms with Crippen molar-refractivity contribution in [2.24, 2.45) is 0 Å². The molecule has 0 amide bonds. The quantitative estimate of drug-likeness (QED) is 0.333. The molecule has 0 aliphatic rings. The molecule has 0 aliphatic heterocycles. The lowest BCUT2D eigenvalue weighted by Gasteiger charge is -2.04. The van der Waals surface area contributed by atoms with Gasteiger partial charge in [-0.3, -0.25) is 4.79 Å². The van der Waals surface area contributed by atoms with Crippen LogP contribution in [0, 0.1) is 0 Å². The fourth-order valence-corrected chi connectivity index (χ4v) is 3.81. The number of rotatable bonds is 5. The molecular formula is C16H15N3O2S2. The predicted octanol–water partition coefficient (Wildman–Crippen LogP) is 3.13. The number of fused-ring (bicyclic) bond motifs is 1. The van der Waals surface area contributed by atoms with Crippen LogP contribution < -0.4 is 16.1 Å². The Labute approximate surface area is 141 Å². The summed E-state index contributed by atoms with van der Waals surface area (Å²) in [4.78, 5) is 17.9. The molecule has 1 aromatic carbocycles. The van der Waals surface area contributed by atoms with Crippen LogP contribution in [0.5, 0.6) is 5.75 Å². The largest absolute Gasteiger partial charge is 0.497 e. The normalized spacial score (nSPS) is 10.8. The van der Waals surface area contributed by atoms with Crippen LogP contribution in [0.2, 0.25) is 0 Å². The number of nitrogens with zero attached hydrogens (tertiary/aromatic N) is 2. The highest BCUT2D eigenvalue weighted by Crippen LogP contribution is 2.33. The Morgan fingerprint density at radius 2 is 2.30 bits per heavy atom. The van der Waals surface area contributed by atoms with E-state index in [1.54, 1.807) is 13.2 Å². The first-order valence-electron chi connectivity index (χ1n) is 6.84. The SMILES string of the molecule is C=CCSc1nc2cc(-c3cccc(OC)c3)sc2c(=O)n1N. The monoisotopic (exact) mass is 345 g/mol. The third-order valence-electron chi connectivity index (χ3n) is 3.23. The highest BCUT2D eigenvalue weighted by Gasteiger charge is 2.14. The summed E-state index contributed by atoms with van der Waals surface area (Å²) >= 11 is 2.76. The Bertz CT molecular complexity index is 931. The van der Waals surface area contributed by atoms with E-state index in [1.165, 1.54) is 23.1 Å². The lowest BCUT2D eigenvalue weighted by atomic mass is 10.2. The van der Waals surface area contributed by atoms with Crippen LogP contribution in [-0.2, 0) is 0 Å². The van der Waals surface area contributed by atoms with E-state index >= 15 is 0 Å². The zero-order valence-electron chi connectivity index (χ0n) is 12.5. The number of benzene rings is 1. The van der Waals surface area contributed by atoms with Crippen molar-refractivity contribution in [3.05, 3.63) is 53.3 Å². The minimum atomic E-state index is -0.235. The number of nitrogen functional groups attached to an aromatic ring is 1. The summed E-state index contributed by atoms with van der Waals surface area (Å²) in [6.45, 7) is 3.66. The van der Waals surface area contributed by atoms with E-state index in [4.69, 9.17) is 10.6 Å². The minimum absolute atomic E-state index is 0.235. The first-order valence-corrected chi connectivity index (χ1v) is 8.64. The third-order valence-corrected chi connectivity index (χ3v) is 5.34. The van der Waals surface area contributed by atoms with Crippen LogP contribution in [0.3, 0.4) is 0 Å². The van der Waals surface area contributed by atoms with Crippen molar-refractivity contribution in [2.45, 2.75) is 5.16 Å². The van der Waals surface area contributed by atoms with E-state index < -0.39 is 0 Å². The molecule has 0 radical (unpaired) electrons. The van der Waals surface area contributed by atoms with Gasteiger partial charge in [-0.05, 0) is 23.8 Å². The molecule has 7 heteroatoms. The van der Waals surface area contributed by atoms with Gasteiger partial charge in [0.2, 0.25) is 0 Å². The van der Waals surface area contributed by atoms with E-state index in [9.17, 15) is 4.79 Å². The molecule has 0 spiro atoms. The second-order valence-corrected chi connectivity index (χ2v) is 6.77. The molecule has 23 heavy (non-hydrogen) atoms. The maximum atomic E-state index is 12.4. The van der Waals surface area contributed by atoms with E-state index in [-0.39, 0.29) is 5.56 Å². The Balaban J connectivity index is 2.12. The summed E-state index contributed by atoms with van der Waals surface area (Å²) in [5, 5.41) is 0.484. The van der Waals surface area contributed by atoms with E-state index in [0.717, 1.165) is 20.9 Å². The molecule has 0 saturated carbocycles. The van der Waals surface area contributed by atoms with Gasteiger partial charge in [0.15, 0.2) is 5.16 Å². The third kappa shape index (κ3) is 2.97.